The van der Waals surface area contributed by atoms with Gasteiger partial charge >= 0.3 is 0 Å². The summed E-state index contributed by atoms with van der Waals surface area (Å²) in [6, 6.07) is 0.815. The van der Waals surface area contributed by atoms with Crippen molar-refractivity contribution in [3.63, 3.8) is 0 Å². The molecule has 0 aromatic carbocycles. The largest absolute Gasteiger partial charge is 0.314 e. The van der Waals surface area contributed by atoms with Crippen LogP contribution in [0.25, 0.3) is 0 Å². The molecule has 1 rings (SSSR count). The van der Waals surface area contributed by atoms with Crippen LogP contribution in [0.3, 0.4) is 0 Å². The van der Waals surface area contributed by atoms with Crippen LogP contribution in [0.1, 0.15) is 26.7 Å². The Morgan fingerprint density at radius 2 is 2.00 bits per heavy atom. The van der Waals surface area contributed by atoms with Crippen molar-refractivity contribution < 1.29 is 0 Å². The second kappa shape index (κ2) is 5.32. The van der Waals surface area contributed by atoms with Crippen LogP contribution in [0.5, 0.6) is 0 Å². The smallest absolute Gasteiger partial charge is 0.00905 e. The van der Waals surface area contributed by atoms with Gasteiger partial charge in [0.2, 0.25) is 0 Å². The Labute approximate surface area is 64.2 Å². The van der Waals surface area contributed by atoms with Crippen LogP contribution in [0, 0.1) is 18.8 Å². The molecule has 0 aromatic rings. The molecule has 1 saturated heterocycles. The third kappa shape index (κ3) is 2.89. The molecule has 0 spiro atoms. The van der Waals surface area contributed by atoms with Crippen LogP contribution in [0.4, 0.5) is 0 Å². The molecule has 1 atom stereocenters. The predicted octanol–water partition coefficient (Wildman–Crippen LogP) is 1.64. The van der Waals surface area contributed by atoms with E-state index in [1.54, 1.807) is 0 Å². The molecule has 10 heavy (non-hydrogen) atoms. The summed E-state index contributed by atoms with van der Waals surface area (Å²) in [7, 11) is 0. The van der Waals surface area contributed by atoms with Crippen molar-refractivity contribution in [2.24, 2.45) is 5.92 Å². The van der Waals surface area contributed by atoms with E-state index in [1.807, 2.05) is 0 Å². The highest BCUT2D eigenvalue weighted by atomic mass is 14.9. The van der Waals surface area contributed by atoms with Crippen LogP contribution in [-0.4, -0.2) is 12.6 Å². The van der Waals surface area contributed by atoms with E-state index in [1.165, 1.54) is 19.4 Å². The summed E-state index contributed by atoms with van der Waals surface area (Å²) < 4.78 is 0. The normalized spacial score (nSPS) is 23.9. The number of hydrogen-bond acceptors (Lipinski definition) is 1. The fourth-order valence-electron chi connectivity index (χ4n) is 1.28. The van der Waals surface area contributed by atoms with Crippen molar-refractivity contribution in [1.82, 2.24) is 5.32 Å². The molecule has 0 saturated carbocycles. The molecule has 0 aromatic heterocycles. The van der Waals surface area contributed by atoms with E-state index < -0.39 is 0 Å². The first-order chi connectivity index (χ1) is 4.80. The standard InChI is InChI=1S/C7H15N.C2H2/c1-6(2)7-4-3-5-8-7;1-2/h6-8H,3-5H2,1-2H3;1-2H/t7-;/m0./s1. The molecule has 0 aliphatic carbocycles. The lowest BCUT2D eigenvalue weighted by Crippen LogP contribution is -2.26. The number of terminal acetylenes is 1. The Balaban J connectivity index is 0.000000371. The third-order valence-electron chi connectivity index (χ3n) is 1.90. The van der Waals surface area contributed by atoms with Gasteiger partial charge < -0.3 is 5.32 Å². The second-order valence-corrected chi connectivity index (χ2v) is 2.95. The SMILES string of the molecule is C#C.CC(C)[C@@H]1CCCN1. The zero-order valence-corrected chi connectivity index (χ0v) is 6.93. The topological polar surface area (TPSA) is 12.0 Å². The molecule has 1 heteroatoms. The molecule has 1 aliphatic heterocycles. The van der Waals surface area contributed by atoms with E-state index in [9.17, 15) is 0 Å². The molecule has 1 fully saturated rings. The van der Waals surface area contributed by atoms with E-state index >= 15 is 0 Å². The van der Waals surface area contributed by atoms with E-state index in [4.69, 9.17) is 0 Å². The number of nitrogens with one attached hydrogen (secondary N) is 1. The molecule has 0 radical (unpaired) electrons. The second-order valence-electron chi connectivity index (χ2n) is 2.95. The summed E-state index contributed by atoms with van der Waals surface area (Å²) in [6.45, 7) is 5.80. The minimum atomic E-state index is 0.815. The quantitative estimate of drug-likeness (QED) is 0.545. The van der Waals surface area contributed by atoms with Crippen LogP contribution >= 0.6 is 0 Å². The Morgan fingerprint density at radius 3 is 2.20 bits per heavy atom. The van der Waals surface area contributed by atoms with Crippen molar-refractivity contribution >= 4 is 0 Å². The number of rotatable bonds is 1. The van der Waals surface area contributed by atoms with Crippen molar-refractivity contribution in [1.29, 1.82) is 0 Å². The Hall–Kier alpha value is -0.480. The molecular weight excluding hydrogens is 122 g/mol. The number of hydrogen-bond donors (Lipinski definition) is 1. The minimum absolute atomic E-state index is 0.815. The van der Waals surface area contributed by atoms with Gasteiger partial charge in [-0.25, -0.2) is 0 Å². The lowest BCUT2D eigenvalue weighted by atomic mass is 10.0. The van der Waals surface area contributed by atoms with Crippen LogP contribution < -0.4 is 5.32 Å². The zero-order chi connectivity index (χ0) is 7.98. The maximum Gasteiger partial charge on any atom is 0.00905 e. The first kappa shape index (κ1) is 9.52. The van der Waals surface area contributed by atoms with Gasteiger partial charge in [-0.05, 0) is 25.3 Å². The monoisotopic (exact) mass is 139 g/mol. The van der Waals surface area contributed by atoms with E-state index in [-0.39, 0.29) is 0 Å². The molecule has 1 aliphatic rings. The highest BCUT2D eigenvalue weighted by Gasteiger charge is 2.16. The van der Waals surface area contributed by atoms with Crippen LogP contribution in [0.15, 0.2) is 0 Å². The summed E-state index contributed by atoms with van der Waals surface area (Å²) in [5.74, 6) is 0.831. The first-order valence-electron chi connectivity index (χ1n) is 3.87. The third-order valence-corrected chi connectivity index (χ3v) is 1.90. The van der Waals surface area contributed by atoms with Gasteiger partial charge in [0.25, 0.3) is 0 Å². The lowest BCUT2D eigenvalue weighted by molar-refractivity contribution is 0.452. The van der Waals surface area contributed by atoms with Gasteiger partial charge in [-0.1, -0.05) is 13.8 Å². The average Bonchev–Trinajstić information content (AvgIpc) is 2.42. The maximum atomic E-state index is 4.00. The van der Waals surface area contributed by atoms with Crippen molar-refractivity contribution in [2.45, 2.75) is 32.7 Å². The molecule has 0 amide bonds. The summed E-state index contributed by atoms with van der Waals surface area (Å²) >= 11 is 0. The van der Waals surface area contributed by atoms with Crippen molar-refractivity contribution in [2.75, 3.05) is 6.54 Å². The first-order valence-corrected chi connectivity index (χ1v) is 3.87. The van der Waals surface area contributed by atoms with E-state index in [2.05, 4.69) is 32.0 Å². The fraction of sp³-hybridized carbons (Fsp3) is 0.778. The van der Waals surface area contributed by atoms with Gasteiger partial charge in [0, 0.05) is 6.04 Å². The molecule has 0 bridgehead atoms. The van der Waals surface area contributed by atoms with Gasteiger partial charge in [0.05, 0.1) is 0 Å². The fourth-order valence-corrected chi connectivity index (χ4v) is 1.28. The van der Waals surface area contributed by atoms with Crippen molar-refractivity contribution in [3.8, 4) is 12.8 Å². The summed E-state index contributed by atoms with van der Waals surface area (Å²) in [4.78, 5) is 0. The van der Waals surface area contributed by atoms with Crippen LogP contribution in [0.2, 0.25) is 0 Å². The van der Waals surface area contributed by atoms with Gasteiger partial charge in [0.15, 0.2) is 0 Å². The Morgan fingerprint density at radius 1 is 1.40 bits per heavy atom. The molecule has 1 nitrogen and oxygen atoms in total. The molecule has 1 heterocycles. The van der Waals surface area contributed by atoms with Gasteiger partial charge in [-0.2, -0.15) is 0 Å². The van der Waals surface area contributed by atoms with E-state index in [0.29, 0.717) is 0 Å². The predicted molar refractivity (Wildman–Crippen MR) is 45.8 cm³/mol. The highest BCUT2D eigenvalue weighted by Crippen LogP contribution is 2.12. The highest BCUT2D eigenvalue weighted by molar-refractivity contribution is 4.76. The van der Waals surface area contributed by atoms with E-state index in [0.717, 1.165) is 12.0 Å². The molecule has 1 N–H and O–H groups in total. The molecular formula is C9H17N. The Kier molecular flexibility index (Phi) is 5.06. The molecule has 58 valence electrons. The van der Waals surface area contributed by atoms with Gasteiger partial charge in [-0.3, -0.25) is 0 Å². The molecule has 0 unspecified atom stereocenters. The summed E-state index contributed by atoms with van der Waals surface area (Å²) in [5, 5.41) is 3.46. The van der Waals surface area contributed by atoms with Crippen molar-refractivity contribution in [3.05, 3.63) is 0 Å². The average molecular weight is 139 g/mol. The maximum absolute atomic E-state index is 4.00. The summed E-state index contributed by atoms with van der Waals surface area (Å²) in [5.41, 5.74) is 0. The summed E-state index contributed by atoms with van der Waals surface area (Å²) in [6.07, 6.45) is 10.8. The lowest BCUT2D eigenvalue weighted by Gasteiger charge is -2.12. The van der Waals surface area contributed by atoms with Gasteiger partial charge in [-0.15, -0.1) is 12.8 Å². The van der Waals surface area contributed by atoms with Crippen LogP contribution in [-0.2, 0) is 0 Å². The zero-order valence-electron chi connectivity index (χ0n) is 6.93. The minimum Gasteiger partial charge on any atom is -0.314 e. The Bertz CT molecular complexity index is 88.1. The van der Waals surface area contributed by atoms with Gasteiger partial charge in [0.1, 0.15) is 0 Å².